The van der Waals surface area contributed by atoms with Gasteiger partial charge in [-0.05, 0) is 55.9 Å². The van der Waals surface area contributed by atoms with Gasteiger partial charge in [0, 0.05) is 50.4 Å². The predicted molar refractivity (Wildman–Crippen MR) is 101 cm³/mol. The van der Waals surface area contributed by atoms with E-state index in [-0.39, 0.29) is 11.8 Å². The lowest BCUT2D eigenvalue weighted by atomic mass is 9.99. The van der Waals surface area contributed by atoms with Crippen molar-refractivity contribution >= 4 is 23.2 Å². The molecule has 25 heavy (non-hydrogen) atoms. The Morgan fingerprint density at radius 3 is 2.32 bits per heavy atom. The van der Waals surface area contributed by atoms with Crippen molar-refractivity contribution in [1.29, 1.82) is 0 Å². The molecule has 5 heteroatoms. The number of carbonyl (C=O) groups is 2. The van der Waals surface area contributed by atoms with Gasteiger partial charge in [-0.15, -0.1) is 0 Å². The average Bonchev–Trinajstić information content (AvgIpc) is 3.41. The summed E-state index contributed by atoms with van der Waals surface area (Å²) in [7, 11) is 0. The van der Waals surface area contributed by atoms with Crippen molar-refractivity contribution in [2.24, 2.45) is 5.92 Å². The van der Waals surface area contributed by atoms with Gasteiger partial charge in [0.2, 0.25) is 11.8 Å². The molecule has 0 bridgehead atoms. The second-order valence-corrected chi connectivity index (χ2v) is 7.46. The number of piperidine rings is 1. The van der Waals surface area contributed by atoms with Gasteiger partial charge < -0.3 is 15.1 Å². The minimum Gasteiger partial charge on any atom is -0.372 e. The van der Waals surface area contributed by atoms with Crippen LogP contribution in [0, 0.1) is 5.92 Å². The van der Waals surface area contributed by atoms with Crippen LogP contribution >= 0.6 is 0 Å². The minimum absolute atomic E-state index is 0.0357. The summed E-state index contributed by atoms with van der Waals surface area (Å²) >= 11 is 0. The van der Waals surface area contributed by atoms with Crippen molar-refractivity contribution < 1.29 is 9.59 Å². The molecule has 1 saturated heterocycles. The Bertz CT molecular complexity index is 602. The molecule has 0 unspecified atom stereocenters. The lowest BCUT2D eigenvalue weighted by molar-refractivity contribution is -0.129. The van der Waals surface area contributed by atoms with E-state index in [1.165, 1.54) is 18.5 Å². The smallest absolute Gasteiger partial charge is 0.226 e. The van der Waals surface area contributed by atoms with Gasteiger partial charge in [-0.25, -0.2) is 0 Å². The van der Waals surface area contributed by atoms with E-state index in [2.05, 4.69) is 29.3 Å². The zero-order valence-electron chi connectivity index (χ0n) is 15.3. The van der Waals surface area contributed by atoms with Crippen LogP contribution < -0.4 is 10.2 Å². The third kappa shape index (κ3) is 4.97. The van der Waals surface area contributed by atoms with Gasteiger partial charge in [0.1, 0.15) is 0 Å². The van der Waals surface area contributed by atoms with Gasteiger partial charge in [-0.2, -0.15) is 0 Å². The monoisotopic (exact) mass is 343 g/mol. The van der Waals surface area contributed by atoms with Crippen LogP contribution in [-0.2, 0) is 9.59 Å². The van der Waals surface area contributed by atoms with E-state index in [0.717, 1.165) is 37.5 Å². The lowest BCUT2D eigenvalue weighted by Gasteiger charge is -2.32. The Morgan fingerprint density at radius 1 is 1.12 bits per heavy atom. The van der Waals surface area contributed by atoms with Crippen LogP contribution in [-0.4, -0.2) is 42.4 Å². The van der Waals surface area contributed by atoms with Crippen molar-refractivity contribution in [3.8, 4) is 0 Å². The van der Waals surface area contributed by atoms with Crippen molar-refractivity contribution in [3.05, 3.63) is 24.3 Å². The number of nitrogens with zero attached hydrogens (tertiary/aromatic N) is 2. The van der Waals surface area contributed by atoms with E-state index in [0.29, 0.717) is 19.0 Å². The second kappa shape index (κ2) is 7.89. The number of hydrogen-bond acceptors (Lipinski definition) is 3. The largest absolute Gasteiger partial charge is 0.372 e. The first-order valence-corrected chi connectivity index (χ1v) is 9.45. The van der Waals surface area contributed by atoms with E-state index in [1.54, 1.807) is 6.92 Å². The van der Waals surface area contributed by atoms with Gasteiger partial charge in [-0.3, -0.25) is 9.59 Å². The molecule has 3 rings (SSSR count). The van der Waals surface area contributed by atoms with Crippen molar-refractivity contribution in [2.75, 3.05) is 29.9 Å². The Labute approximate surface area is 150 Å². The maximum atomic E-state index is 12.1. The second-order valence-electron chi connectivity index (χ2n) is 7.46. The molecule has 0 radical (unpaired) electrons. The summed E-state index contributed by atoms with van der Waals surface area (Å²) in [6, 6.07) is 8.45. The zero-order valence-corrected chi connectivity index (χ0v) is 15.3. The lowest BCUT2D eigenvalue weighted by Crippen LogP contribution is -2.33. The van der Waals surface area contributed by atoms with Crippen LogP contribution in [0.1, 0.15) is 46.0 Å². The molecule has 1 heterocycles. The highest BCUT2D eigenvalue weighted by Gasteiger charge is 2.30. The number of carbonyl (C=O) groups excluding carboxylic acids is 2. The summed E-state index contributed by atoms with van der Waals surface area (Å²) in [6.45, 7) is 6.61. The quantitative estimate of drug-likeness (QED) is 0.862. The predicted octanol–water partition coefficient (Wildman–Crippen LogP) is 3.26. The summed E-state index contributed by atoms with van der Waals surface area (Å²) in [5, 5.41) is 2.94. The Balaban J connectivity index is 1.47. The maximum absolute atomic E-state index is 12.1. The SMILES string of the molecule is CC(=O)N(CCC(=O)Nc1ccc(N2CCC(C)CC2)cc1)C1CC1. The molecule has 1 aliphatic heterocycles. The minimum atomic E-state index is -0.0357. The van der Waals surface area contributed by atoms with E-state index >= 15 is 0 Å². The van der Waals surface area contributed by atoms with Crippen molar-refractivity contribution in [1.82, 2.24) is 4.90 Å². The molecular formula is C20H29N3O2. The van der Waals surface area contributed by atoms with Gasteiger partial charge >= 0.3 is 0 Å². The first-order chi connectivity index (χ1) is 12.0. The van der Waals surface area contributed by atoms with Gasteiger partial charge in [-0.1, -0.05) is 6.92 Å². The molecule has 1 aromatic carbocycles. The van der Waals surface area contributed by atoms with E-state index in [1.807, 2.05) is 17.0 Å². The average molecular weight is 343 g/mol. The Hall–Kier alpha value is -2.04. The van der Waals surface area contributed by atoms with Crippen molar-refractivity contribution in [3.63, 3.8) is 0 Å². The number of rotatable bonds is 6. The first kappa shape index (κ1) is 17.8. The summed E-state index contributed by atoms with van der Waals surface area (Å²) in [5.74, 6) is 0.849. The topological polar surface area (TPSA) is 52.7 Å². The molecule has 1 aliphatic carbocycles. The van der Waals surface area contributed by atoms with Crippen LogP contribution in [0.4, 0.5) is 11.4 Å². The standard InChI is InChI=1S/C20H29N3O2/c1-15-9-12-22(13-10-15)18-5-3-17(4-6-18)21-20(25)11-14-23(16(2)24)19-7-8-19/h3-6,15,19H,7-14H2,1-2H3,(H,21,25). The summed E-state index contributed by atoms with van der Waals surface area (Å²) < 4.78 is 0. The van der Waals surface area contributed by atoms with Crippen LogP contribution in [0.2, 0.25) is 0 Å². The van der Waals surface area contributed by atoms with Crippen LogP contribution in [0.3, 0.4) is 0 Å². The highest BCUT2D eigenvalue weighted by Crippen LogP contribution is 2.27. The summed E-state index contributed by atoms with van der Waals surface area (Å²) in [5.41, 5.74) is 2.04. The van der Waals surface area contributed by atoms with E-state index < -0.39 is 0 Å². The van der Waals surface area contributed by atoms with Crippen LogP contribution in [0.25, 0.3) is 0 Å². The molecule has 5 nitrogen and oxygen atoms in total. The fourth-order valence-corrected chi connectivity index (χ4v) is 3.45. The van der Waals surface area contributed by atoms with E-state index in [9.17, 15) is 9.59 Å². The van der Waals surface area contributed by atoms with Crippen LogP contribution in [0.15, 0.2) is 24.3 Å². The Morgan fingerprint density at radius 2 is 1.76 bits per heavy atom. The summed E-state index contributed by atoms with van der Waals surface area (Å²) in [6.07, 6.45) is 4.97. The number of benzene rings is 1. The third-order valence-corrected chi connectivity index (χ3v) is 5.27. The molecule has 1 aromatic rings. The molecule has 136 valence electrons. The Kier molecular flexibility index (Phi) is 5.61. The number of nitrogens with one attached hydrogen (secondary N) is 1. The zero-order chi connectivity index (χ0) is 17.8. The van der Waals surface area contributed by atoms with Crippen molar-refractivity contribution in [2.45, 2.75) is 52.0 Å². The maximum Gasteiger partial charge on any atom is 0.226 e. The molecule has 0 atom stereocenters. The molecule has 1 N–H and O–H groups in total. The summed E-state index contributed by atoms with van der Waals surface area (Å²) in [4.78, 5) is 28.0. The molecular weight excluding hydrogens is 314 g/mol. The van der Waals surface area contributed by atoms with Gasteiger partial charge in [0.05, 0.1) is 0 Å². The normalized spacial score (nSPS) is 18.1. The number of amides is 2. The fourth-order valence-electron chi connectivity index (χ4n) is 3.45. The van der Waals surface area contributed by atoms with Gasteiger partial charge in [0.15, 0.2) is 0 Å². The highest BCUT2D eigenvalue weighted by atomic mass is 16.2. The molecule has 2 amide bonds. The number of anilines is 2. The van der Waals surface area contributed by atoms with Crippen LogP contribution in [0.5, 0.6) is 0 Å². The molecule has 2 fully saturated rings. The fraction of sp³-hybridized carbons (Fsp3) is 0.600. The number of hydrogen-bond donors (Lipinski definition) is 1. The highest BCUT2D eigenvalue weighted by molar-refractivity contribution is 5.91. The molecule has 2 aliphatic rings. The third-order valence-electron chi connectivity index (χ3n) is 5.27. The van der Waals surface area contributed by atoms with Gasteiger partial charge in [0.25, 0.3) is 0 Å². The van der Waals surface area contributed by atoms with E-state index in [4.69, 9.17) is 0 Å². The molecule has 0 spiro atoms. The molecule has 0 aromatic heterocycles. The first-order valence-electron chi connectivity index (χ1n) is 9.45. The molecule has 1 saturated carbocycles.